The van der Waals surface area contributed by atoms with Gasteiger partial charge in [-0.15, -0.1) is 0 Å². The molecular weight excluding hydrogens is 406 g/mol. The molecular formula is C24H31N5O3. The highest BCUT2D eigenvalue weighted by atomic mass is 16.5. The van der Waals surface area contributed by atoms with Gasteiger partial charge in [0.2, 0.25) is 5.91 Å². The molecule has 2 atom stereocenters. The van der Waals surface area contributed by atoms with E-state index in [1.807, 2.05) is 17.2 Å². The SMILES string of the molecule is O=C(C[C@@H]1CCCCO1)N1CC[C@H](c2nc3c(c(=O)[nH]2)CCN(Cc2cccnc2)C3)C1. The molecule has 32 heavy (non-hydrogen) atoms. The van der Waals surface area contributed by atoms with Gasteiger partial charge in [-0.25, -0.2) is 4.98 Å². The van der Waals surface area contributed by atoms with Crippen LogP contribution in [0, 0.1) is 0 Å². The molecule has 0 unspecified atom stereocenters. The van der Waals surface area contributed by atoms with Gasteiger partial charge in [0.25, 0.3) is 5.56 Å². The average Bonchev–Trinajstić information content (AvgIpc) is 3.31. The molecule has 5 heterocycles. The Balaban J connectivity index is 1.24. The summed E-state index contributed by atoms with van der Waals surface area (Å²) in [5, 5.41) is 0. The van der Waals surface area contributed by atoms with Gasteiger partial charge in [0.15, 0.2) is 0 Å². The van der Waals surface area contributed by atoms with E-state index in [1.54, 1.807) is 6.20 Å². The van der Waals surface area contributed by atoms with Crippen LogP contribution in [0.5, 0.6) is 0 Å². The Morgan fingerprint density at radius 1 is 1.25 bits per heavy atom. The van der Waals surface area contributed by atoms with Crippen LogP contribution < -0.4 is 5.56 Å². The number of hydrogen-bond acceptors (Lipinski definition) is 6. The first-order chi connectivity index (χ1) is 15.7. The second-order valence-electron chi connectivity index (χ2n) is 9.22. The highest BCUT2D eigenvalue weighted by molar-refractivity contribution is 5.77. The predicted octanol–water partition coefficient (Wildman–Crippen LogP) is 2.00. The van der Waals surface area contributed by atoms with E-state index in [-0.39, 0.29) is 23.5 Å². The van der Waals surface area contributed by atoms with Gasteiger partial charge in [-0.05, 0) is 43.7 Å². The van der Waals surface area contributed by atoms with Crippen LogP contribution in [-0.4, -0.2) is 63.0 Å². The third-order valence-electron chi connectivity index (χ3n) is 6.90. The van der Waals surface area contributed by atoms with Gasteiger partial charge in [-0.3, -0.25) is 19.5 Å². The Labute approximate surface area is 188 Å². The summed E-state index contributed by atoms with van der Waals surface area (Å²) < 4.78 is 5.73. The zero-order valence-electron chi connectivity index (χ0n) is 18.5. The third kappa shape index (κ3) is 4.76. The number of carbonyl (C=O) groups excluding carboxylic acids is 1. The third-order valence-corrected chi connectivity index (χ3v) is 6.90. The summed E-state index contributed by atoms with van der Waals surface area (Å²) in [6.07, 6.45) is 8.92. The molecule has 1 N–H and O–H groups in total. The number of nitrogens with one attached hydrogen (secondary N) is 1. The van der Waals surface area contributed by atoms with Crippen LogP contribution in [0.4, 0.5) is 0 Å². The van der Waals surface area contributed by atoms with Crippen molar-refractivity contribution in [2.75, 3.05) is 26.2 Å². The molecule has 0 aliphatic carbocycles. The Morgan fingerprint density at radius 3 is 3.00 bits per heavy atom. The summed E-state index contributed by atoms with van der Waals surface area (Å²) in [5.74, 6) is 0.960. The average molecular weight is 438 g/mol. The minimum Gasteiger partial charge on any atom is -0.378 e. The molecule has 8 heteroatoms. The maximum atomic E-state index is 12.8. The van der Waals surface area contributed by atoms with Crippen molar-refractivity contribution in [3.8, 4) is 0 Å². The lowest BCUT2D eigenvalue weighted by Crippen LogP contribution is -2.36. The van der Waals surface area contributed by atoms with E-state index in [4.69, 9.17) is 9.72 Å². The van der Waals surface area contributed by atoms with Crippen LogP contribution in [0.1, 0.15) is 60.7 Å². The Hall–Kier alpha value is -2.58. The number of fused-ring (bicyclic) bond motifs is 1. The molecule has 0 aromatic carbocycles. The minimum absolute atomic E-state index is 0.0218. The molecule has 2 aromatic rings. The quantitative estimate of drug-likeness (QED) is 0.769. The first-order valence-electron chi connectivity index (χ1n) is 11.8. The molecule has 3 aliphatic heterocycles. The molecule has 2 fully saturated rings. The Morgan fingerprint density at radius 2 is 2.19 bits per heavy atom. The van der Waals surface area contributed by atoms with Crippen LogP contribution in [0.25, 0.3) is 0 Å². The number of H-pyrrole nitrogens is 1. The fourth-order valence-electron chi connectivity index (χ4n) is 5.09. The van der Waals surface area contributed by atoms with E-state index >= 15 is 0 Å². The first-order valence-corrected chi connectivity index (χ1v) is 11.8. The second kappa shape index (κ2) is 9.50. The number of hydrogen-bond donors (Lipinski definition) is 1. The molecule has 0 saturated carbocycles. The van der Waals surface area contributed by atoms with Crippen molar-refractivity contribution in [1.29, 1.82) is 0 Å². The molecule has 8 nitrogen and oxygen atoms in total. The molecule has 170 valence electrons. The Kier molecular flexibility index (Phi) is 6.32. The van der Waals surface area contributed by atoms with Crippen LogP contribution in [0.3, 0.4) is 0 Å². The maximum Gasteiger partial charge on any atom is 0.254 e. The normalized spacial score (nSPS) is 23.8. The van der Waals surface area contributed by atoms with Gasteiger partial charge in [0.1, 0.15) is 5.82 Å². The lowest BCUT2D eigenvalue weighted by molar-refractivity contribution is -0.134. The van der Waals surface area contributed by atoms with E-state index < -0.39 is 0 Å². The number of likely N-dealkylation sites (tertiary alicyclic amines) is 1. The van der Waals surface area contributed by atoms with Gasteiger partial charge in [-0.1, -0.05) is 6.07 Å². The molecule has 1 amide bonds. The molecule has 3 aliphatic rings. The van der Waals surface area contributed by atoms with Crippen molar-refractivity contribution in [2.45, 2.75) is 63.6 Å². The van der Waals surface area contributed by atoms with Crippen molar-refractivity contribution >= 4 is 5.91 Å². The van der Waals surface area contributed by atoms with E-state index in [0.717, 1.165) is 68.0 Å². The van der Waals surface area contributed by atoms with Crippen LogP contribution in [0.2, 0.25) is 0 Å². The number of aromatic nitrogens is 3. The fourth-order valence-corrected chi connectivity index (χ4v) is 5.09. The van der Waals surface area contributed by atoms with E-state index in [2.05, 4.69) is 20.9 Å². The van der Waals surface area contributed by atoms with Crippen LogP contribution >= 0.6 is 0 Å². The number of nitrogens with zero attached hydrogens (tertiary/aromatic N) is 4. The number of ether oxygens (including phenoxy) is 1. The van der Waals surface area contributed by atoms with Gasteiger partial charge in [-0.2, -0.15) is 0 Å². The van der Waals surface area contributed by atoms with Crippen molar-refractivity contribution in [3.63, 3.8) is 0 Å². The molecule has 5 rings (SSSR count). The zero-order chi connectivity index (χ0) is 21.9. The smallest absolute Gasteiger partial charge is 0.254 e. The zero-order valence-corrected chi connectivity index (χ0v) is 18.5. The summed E-state index contributed by atoms with van der Waals surface area (Å²) in [6, 6.07) is 4.02. The fraction of sp³-hybridized carbons (Fsp3) is 0.583. The van der Waals surface area contributed by atoms with Crippen molar-refractivity contribution in [3.05, 3.63) is 57.5 Å². The minimum atomic E-state index is -0.0218. The van der Waals surface area contributed by atoms with Crippen molar-refractivity contribution in [1.82, 2.24) is 24.8 Å². The highest BCUT2D eigenvalue weighted by Crippen LogP contribution is 2.27. The molecule has 2 aromatic heterocycles. The summed E-state index contributed by atoms with van der Waals surface area (Å²) in [5.41, 5.74) is 2.81. The van der Waals surface area contributed by atoms with E-state index in [0.29, 0.717) is 32.5 Å². The number of aromatic amines is 1. The van der Waals surface area contributed by atoms with Gasteiger partial charge in [0.05, 0.1) is 18.2 Å². The maximum absolute atomic E-state index is 12.8. The number of rotatable bonds is 5. The van der Waals surface area contributed by atoms with E-state index in [9.17, 15) is 9.59 Å². The lowest BCUT2D eigenvalue weighted by atomic mass is 10.0. The van der Waals surface area contributed by atoms with Gasteiger partial charge < -0.3 is 14.6 Å². The molecule has 0 radical (unpaired) electrons. The number of pyridine rings is 1. The van der Waals surface area contributed by atoms with Crippen LogP contribution in [-0.2, 0) is 29.0 Å². The summed E-state index contributed by atoms with van der Waals surface area (Å²) in [6.45, 7) is 4.39. The predicted molar refractivity (Wildman–Crippen MR) is 119 cm³/mol. The topological polar surface area (TPSA) is 91.4 Å². The van der Waals surface area contributed by atoms with Crippen molar-refractivity contribution < 1.29 is 9.53 Å². The highest BCUT2D eigenvalue weighted by Gasteiger charge is 2.32. The lowest BCUT2D eigenvalue weighted by Gasteiger charge is -2.28. The Bertz CT molecular complexity index is 1000. The summed E-state index contributed by atoms with van der Waals surface area (Å²) >= 11 is 0. The second-order valence-corrected chi connectivity index (χ2v) is 9.22. The summed E-state index contributed by atoms with van der Waals surface area (Å²) in [4.78, 5) is 41.8. The number of amides is 1. The molecule has 0 bridgehead atoms. The van der Waals surface area contributed by atoms with Crippen LogP contribution in [0.15, 0.2) is 29.3 Å². The van der Waals surface area contributed by atoms with Gasteiger partial charge >= 0.3 is 0 Å². The van der Waals surface area contributed by atoms with Crippen molar-refractivity contribution in [2.24, 2.45) is 0 Å². The molecule has 2 saturated heterocycles. The molecule has 0 spiro atoms. The number of carbonyl (C=O) groups is 1. The van der Waals surface area contributed by atoms with E-state index in [1.165, 1.54) is 0 Å². The standard InChI is InChI=1S/C24H31N5O3/c30-22(12-19-5-1-2-11-32-19)29-10-6-18(15-29)23-26-21-16-28(9-7-20(21)24(31)27-23)14-17-4-3-8-25-13-17/h3-4,8,13,18-19H,1-2,5-7,9-12,14-16H2,(H,26,27,31)/t18-,19-/m0/s1. The largest absolute Gasteiger partial charge is 0.378 e. The monoisotopic (exact) mass is 437 g/mol. The first kappa shape index (κ1) is 21.3. The van der Waals surface area contributed by atoms with Gasteiger partial charge in [0, 0.05) is 63.2 Å². The summed E-state index contributed by atoms with van der Waals surface area (Å²) in [7, 11) is 0.